The van der Waals surface area contributed by atoms with Crippen LogP contribution in [0.5, 0.6) is 0 Å². The maximum atomic E-state index is 13.2. The molecule has 1 atom stereocenters. The quantitative estimate of drug-likeness (QED) is 0.654. The van der Waals surface area contributed by atoms with Crippen molar-refractivity contribution in [1.82, 2.24) is 10.2 Å². The molecule has 0 radical (unpaired) electrons. The highest BCUT2D eigenvalue weighted by Gasteiger charge is 2.29. The van der Waals surface area contributed by atoms with Crippen LogP contribution < -0.4 is 9.62 Å². The van der Waals surface area contributed by atoms with Crippen LogP contribution >= 0.6 is 0 Å². The van der Waals surface area contributed by atoms with Crippen molar-refractivity contribution in [1.29, 1.82) is 0 Å². The summed E-state index contributed by atoms with van der Waals surface area (Å²) in [4.78, 5) is 26.8. The van der Waals surface area contributed by atoms with Crippen molar-refractivity contribution in [2.24, 2.45) is 0 Å². The fraction of sp³-hybridized carbons (Fsp3) is 0.333. The highest BCUT2D eigenvalue weighted by molar-refractivity contribution is 7.92. The van der Waals surface area contributed by atoms with Gasteiger partial charge in [0.1, 0.15) is 18.4 Å². The SMILES string of the molecule is CCNC(=O)[C@H](C)N(Cc1ccc(F)cc1)C(=O)CN(c1ccccc1)S(C)(=O)=O. The van der Waals surface area contributed by atoms with Crippen LogP contribution in [0, 0.1) is 5.82 Å². The molecule has 2 amide bonds. The van der Waals surface area contributed by atoms with E-state index < -0.39 is 34.3 Å². The van der Waals surface area contributed by atoms with Gasteiger partial charge < -0.3 is 10.2 Å². The molecule has 2 rings (SSSR count). The predicted molar refractivity (Wildman–Crippen MR) is 114 cm³/mol. The number of halogens is 1. The molecule has 0 unspecified atom stereocenters. The van der Waals surface area contributed by atoms with Crippen molar-refractivity contribution in [2.75, 3.05) is 23.7 Å². The monoisotopic (exact) mass is 435 g/mol. The van der Waals surface area contributed by atoms with E-state index in [0.717, 1.165) is 10.6 Å². The van der Waals surface area contributed by atoms with Gasteiger partial charge >= 0.3 is 0 Å². The zero-order valence-corrected chi connectivity index (χ0v) is 18.0. The van der Waals surface area contributed by atoms with E-state index in [9.17, 15) is 22.4 Å². The van der Waals surface area contributed by atoms with E-state index in [1.54, 1.807) is 44.2 Å². The van der Waals surface area contributed by atoms with Gasteiger partial charge in [0.05, 0.1) is 11.9 Å². The maximum absolute atomic E-state index is 13.2. The largest absolute Gasteiger partial charge is 0.355 e. The first kappa shape index (κ1) is 23.3. The molecule has 0 saturated heterocycles. The Morgan fingerprint density at radius 2 is 1.67 bits per heavy atom. The second-order valence-corrected chi connectivity index (χ2v) is 8.73. The molecule has 2 aromatic carbocycles. The Morgan fingerprint density at radius 3 is 2.20 bits per heavy atom. The topological polar surface area (TPSA) is 86.8 Å². The molecule has 0 aliphatic rings. The molecular weight excluding hydrogens is 409 g/mol. The van der Waals surface area contributed by atoms with E-state index in [4.69, 9.17) is 0 Å². The van der Waals surface area contributed by atoms with Gasteiger partial charge in [-0.1, -0.05) is 30.3 Å². The molecule has 0 saturated carbocycles. The highest BCUT2D eigenvalue weighted by Crippen LogP contribution is 2.18. The maximum Gasteiger partial charge on any atom is 0.244 e. The molecule has 162 valence electrons. The van der Waals surface area contributed by atoms with E-state index in [0.29, 0.717) is 17.8 Å². The Kier molecular flexibility index (Phi) is 7.93. The van der Waals surface area contributed by atoms with Crippen molar-refractivity contribution in [2.45, 2.75) is 26.4 Å². The number of sulfonamides is 1. The van der Waals surface area contributed by atoms with Crippen molar-refractivity contribution >= 4 is 27.5 Å². The molecule has 0 aromatic heterocycles. The number of carbonyl (C=O) groups is 2. The van der Waals surface area contributed by atoms with Crippen LogP contribution in [0.25, 0.3) is 0 Å². The van der Waals surface area contributed by atoms with Crippen molar-refractivity contribution in [3.63, 3.8) is 0 Å². The second-order valence-electron chi connectivity index (χ2n) is 6.82. The number of amides is 2. The molecule has 0 heterocycles. The Morgan fingerprint density at radius 1 is 1.07 bits per heavy atom. The average molecular weight is 436 g/mol. The summed E-state index contributed by atoms with van der Waals surface area (Å²) < 4.78 is 38.9. The summed E-state index contributed by atoms with van der Waals surface area (Å²) in [6.45, 7) is 3.29. The fourth-order valence-corrected chi connectivity index (χ4v) is 3.75. The van der Waals surface area contributed by atoms with E-state index in [1.807, 2.05) is 0 Å². The number of benzene rings is 2. The van der Waals surface area contributed by atoms with Gasteiger partial charge in [-0.3, -0.25) is 13.9 Å². The Bertz CT molecular complexity index is 966. The fourth-order valence-electron chi connectivity index (χ4n) is 2.90. The number of carbonyl (C=O) groups excluding carboxylic acids is 2. The van der Waals surface area contributed by atoms with Crippen molar-refractivity contribution in [3.8, 4) is 0 Å². The highest BCUT2D eigenvalue weighted by atomic mass is 32.2. The van der Waals surface area contributed by atoms with Crippen molar-refractivity contribution in [3.05, 3.63) is 66.0 Å². The zero-order chi connectivity index (χ0) is 22.3. The Labute approximate surface area is 176 Å². The Balaban J connectivity index is 2.34. The zero-order valence-electron chi connectivity index (χ0n) is 17.2. The van der Waals surface area contributed by atoms with Crippen LogP contribution in [0.4, 0.5) is 10.1 Å². The van der Waals surface area contributed by atoms with E-state index in [2.05, 4.69) is 5.32 Å². The molecule has 0 fully saturated rings. The van der Waals surface area contributed by atoms with E-state index >= 15 is 0 Å². The van der Waals surface area contributed by atoms with Gasteiger partial charge in [0.25, 0.3) is 0 Å². The third kappa shape index (κ3) is 6.28. The summed E-state index contributed by atoms with van der Waals surface area (Å²) in [6, 6.07) is 13.0. The molecule has 30 heavy (non-hydrogen) atoms. The summed E-state index contributed by atoms with van der Waals surface area (Å²) in [6.07, 6.45) is 1.02. The third-order valence-electron chi connectivity index (χ3n) is 4.51. The second kappa shape index (κ2) is 10.2. The van der Waals surface area contributed by atoms with Gasteiger partial charge in [-0.05, 0) is 43.7 Å². The number of nitrogens with zero attached hydrogens (tertiary/aromatic N) is 2. The number of likely N-dealkylation sites (N-methyl/N-ethyl adjacent to an activating group) is 1. The van der Waals surface area contributed by atoms with Gasteiger partial charge in [-0.25, -0.2) is 12.8 Å². The molecule has 7 nitrogen and oxygen atoms in total. The lowest BCUT2D eigenvalue weighted by atomic mass is 10.1. The predicted octanol–water partition coefficient (Wildman–Crippen LogP) is 2.15. The van der Waals surface area contributed by atoms with Crippen molar-refractivity contribution < 1.29 is 22.4 Å². The minimum absolute atomic E-state index is 0.0316. The van der Waals surface area contributed by atoms with Crippen LogP contribution in [0.3, 0.4) is 0 Å². The van der Waals surface area contributed by atoms with Gasteiger partial charge in [-0.15, -0.1) is 0 Å². The molecule has 9 heteroatoms. The molecule has 0 spiro atoms. The van der Waals surface area contributed by atoms with Gasteiger partial charge in [-0.2, -0.15) is 0 Å². The molecule has 0 bridgehead atoms. The smallest absolute Gasteiger partial charge is 0.244 e. The first-order valence-corrected chi connectivity index (χ1v) is 11.3. The minimum atomic E-state index is -3.75. The first-order chi connectivity index (χ1) is 14.1. The molecule has 0 aliphatic carbocycles. The number of nitrogens with one attached hydrogen (secondary N) is 1. The number of anilines is 1. The standard InChI is InChI=1S/C21H26FN3O4S/c1-4-23-21(27)16(2)24(14-17-10-12-18(22)13-11-17)20(26)15-25(30(3,28)29)19-8-6-5-7-9-19/h5-13,16H,4,14-15H2,1-3H3,(H,23,27)/t16-/m0/s1. The minimum Gasteiger partial charge on any atom is -0.355 e. The van der Waals surface area contributed by atoms with Crippen LogP contribution in [0.1, 0.15) is 19.4 Å². The first-order valence-electron chi connectivity index (χ1n) is 9.48. The van der Waals surface area contributed by atoms with Crippen LogP contribution in [-0.4, -0.2) is 50.5 Å². The molecule has 2 aromatic rings. The number of hydrogen-bond acceptors (Lipinski definition) is 4. The number of rotatable bonds is 9. The number of hydrogen-bond donors (Lipinski definition) is 1. The summed E-state index contributed by atoms with van der Waals surface area (Å²) in [5.74, 6) is -1.33. The van der Waals surface area contributed by atoms with E-state index in [1.165, 1.54) is 29.2 Å². The third-order valence-corrected chi connectivity index (χ3v) is 5.65. The number of para-hydroxylation sites is 1. The summed E-state index contributed by atoms with van der Waals surface area (Å²) in [7, 11) is -3.75. The lowest BCUT2D eigenvalue weighted by Gasteiger charge is -2.31. The van der Waals surface area contributed by atoms with E-state index in [-0.39, 0.29) is 12.5 Å². The average Bonchev–Trinajstić information content (AvgIpc) is 2.71. The molecular formula is C21H26FN3O4S. The lowest BCUT2D eigenvalue weighted by molar-refractivity contribution is -0.139. The van der Waals surface area contributed by atoms with Crippen LogP contribution in [0.15, 0.2) is 54.6 Å². The normalized spacial score (nSPS) is 12.1. The lowest BCUT2D eigenvalue weighted by Crippen LogP contribution is -2.51. The summed E-state index contributed by atoms with van der Waals surface area (Å²) in [5, 5.41) is 2.67. The molecule has 0 aliphatic heterocycles. The summed E-state index contributed by atoms with van der Waals surface area (Å²) in [5.41, 5.74) is 0.965. The van der Waals surface area contributed by atoms with Crippen LogP contribution in [0.2, 0.25) is 0 Å². The van der Waals surface area contributed by atoms with Gasteiger partial charge in [0, 0.05) is 13.1 Å². The van der Waals surface area contributed by atoms with Gasteiger partial charge in [0.2, 0.25) is 21.8 Å². The summed E-state index contributed by atoms with van der Waals surface area (Å²) >= 11 is 0. The van der Waals surface area contributed by atoms with Gasteiger partial charge in [0.15, 0.2) is 0 Å². The Hall–Kier alpha value is -2.94. The van der Waals surface area contributed by atoms with Crippen LogP contribution in [-0.2, 0) is 26.2 Å². The molecule has 1 N–H and O–H groups in total.